The average Bonchev–Trinajstić information content (AvgIpc) is 2.70. The molecular weight excluding hydrogens is 330 g/mol. The molecule has 0 aromatic heterocycles. The minimum Gasteiger partial charge on any atom is -0.478 e. The molecule has 1 fully saturated rings. The molecule has 0 spiro atoms. The van der Waals surface area contributed by atoms with E-state index in [9.17, 15) is 4.79 Å². The van der Waals surface area contributed by atoms with Gasteiger partial charge in [-0.1, -0.05) is 41.8 Å². The van der Waals surface area contributed by atoms with Crippen LogP contribution in [0.1, 0.15) is 44.6 Å². The molecule has 1 unspecified atom stereocenters. The molecule has 4 heteroatoms. The summed E-state index contributed by atoms with van der Waals surface area (Å²) in [5.41, 5.74) is 2.12. The third-order valence-corrected chi connectivity index (χ3v) is 4.76. The molecule has 2 rings (SSSR count). The number of carbonyl (C=O) groups is 1. The highest BCUT2D eigenvalue weighted by Crippen LogP contribution is 2.30. The van der Waals surface area contributed by atoms with Gasteiger partial charge in [-0.25, -0.2) is 4.79 Å². The fourth-order valence-electron chi connectivity index (χ4n) is 2.93. The van der Waals surface area contributed by atoms with Crippen molar-refractivity contribution in [3.05, 3.63) is 34.3 Å². The fraction of sp³-hybridized carbons (Fsp3) is 0.471. The maximum atomic E-state index is 10.6. The maximum Gasteiger partial charge on any atom is 0.328 e. The molecule has 1 saturated heterocycles. The normalized spacial score (nSPS) is 19.7. The van der Waals surface area contributed by atoms with Gasteiger partial charge in [-0.05, 0) is 43.0 Å². The minimum atomic E-state index is -0.926. The Labute approximate surface area is 134 Å². The summed E-state index contributed by atoms with van der Waals surface area (Å²) in [6, 6.07) is 6.80. The second kappa shape index (κ2) is 7.64. The monoisotopic (exact) mass is 351 g/mol. The van der Waals surface area contributed by atoms with Crippen LogP contribution in [0, 0.1) is 0 Å². The molecule has 0 bridgehead atoms. The zero-order valence-electron chi connectivity index (χ0n) is 12.4. The molecule has 0 amide bonds. The number of carboxylic acid groups (broad SMARTS) is 1. The molecule has 1 aliphatic heterocycles. The van der Waals surface area contributed by atoms with Gasteiger partial charge >= 0.3 is 5.97 Å². The van der Waals surface area contributed by atoms with Crippen molar-refractivity contribution in [3.63, 3.8) is 0 Å². The van der Waals surface area contributed by atoms with Gasteiger partial charge < -0.3 is 10.0 Å². The Bertz CT molecular complexity index is 528. The van der Waals surface area contributed by atoms with E-state index in [4.69, 9.17) is 5.11 Å². The Morgan fingerprint density at radius 3 is 2.90 bits per heavy atom. The van der Waals surface area contributed by atoms with Crippen molar-refractivity contribution < 1.29 is 9.90 Å². The summed E-state index contributed by atoms with van der Waals surface area (Å²) < 4.78 is 0.941. The Hall–Kier alpha value is -1.29. The second-order valence-corrected chi connectivity index (χ2v) is 6.34. The smallest absolute Gasteiger partial charge is 0.328 e. The van der Waals surface area contributed by atoms with Crippen molar-refractivity contribution >= 4 is 33.7 Å². The van der Waals surface area contributed by atoms with Crippen molar-refractivity contribution in [2.75, 3.05) is 11.4 Å². The van der Waals surface area contributed by atoms with E-state index in [-0.39, 0.29) is 0 Å². The highest BCUT2D eigenvalue weighted by Gasteiger charge is 2.20. The Morgan fingerprint density at radius 2 is 2.24 bits per heavy atom. The summed E-state index contributed by atoms with van der Waals surface area (Å²) >= 11 is 3.55. The highest BCUT2D eigenvalue weighted by atomic mass is 79.9. The van der Waals surface area contributed by atoms with Crippen molar-refractivity contribution in [1.82, 2.24) is 0 Å². The molecule has 1 heterocycles. The number of aliphatic carboxylic acids is 1. The predicted octanol–water partition coefficient (Wildman–Crippen LogP) is 4.71. The molecule has 3 nitrogen and oxygen atoms in total. The number of anilines is 1. The molecule has 1 aliphatic rings. The van der Waals surface area contributed by atoms with E-state index in [1.807, 2.05) is 6.07 Å². The van der Waals surface area contributed by atoms with Crippen LogP contribution in [0.5, 0.6) is 0 Å². The van der Waals surface area contributed by atoms with E-state index >= 15 is 0 Å². The standard InChI is InChI=1S/C17H22BrNO2/c1-2-14-6-4-3-5-11-19(14)15-9-7-13(16(18)12-15)8-10-17(20)21/h7-10,12,14H,2-6,11H2,1H3,(H,20,21)/b10-8+. The molecule has 1 N–H and O–H groups in total. The summed E-state index contributed by atoms with van der Waals surface area (Å²) in [6.07, 6.45) is 9.08. The lowest BCUT2D eigenvalue weighted by Gasteiger charge is -2.31. The van der Waals surface area contributed by atoms with Crippen molar-refractivity contribution in [3.8, 4) is 0 Å². The first-order valence-electron chi connectivity index (χ1n) is 7.59. The summed E-state index contributed by atoms with van der Waals surface area (Å²) in [5.74, 6) is -0.926. The number of benzene rings is 1. The maximum absolute atomic E-state index is 10.6. The zero-order chi connectivity index (χ0) is 15.2. The molecular formula is C17H22BrNO2. The van der Waals surface area contributed by atoms with E-state index in [2.05, 4.69) is 39.9 Å². The minimum absolute atomic E-state index is 0.611. The number of carboxylic acids is 1. The van der Waals surface area contributed by atoms with Crippen molar-refractivity contribution in [2.45, 2.75) is 45.1 Å². The Morgan fingerprint density at radius 1 is 1.43 bits per heavy atom. The van der Waals surface area contributed by atoms with Gasteiger partial charge in [0.15, 0.2) is 0 Å². The van der Waals surface area contributed by atoms with Gasteiger partial charge in [-0.15, -0.1) is 0 Å². The van der Waals surface area contributed by atoms with Crippen molar-refractivity contribution in [1.29, 1.82) is 0 Å². The van der Waals surface area contributed by atoms with Gasteiger partial charge in [0, 0.05) is 28.8 Å². The van der Waals surface area contributed by atoms with Crippen LogP contribution in [-0.2, 0) is 4.79 Å². The first-order chi connectivity index (χ1) is 10.1. The molecule has 0 aliphatic carbocycles. The van der Waals surface area contributed by atoms with Gasteiger partial charge in [0.05, 0.1) is 0 Å². The first-order valence-corrected chi connectivity index (χ1v) is 8.38. The lowest BCUT2D eigenvalue weighted by molar-refractivity contribution is -0.131. The van der Waals surface area contributed by atoms with Crippen LogP contribution in [0.25, 0.3) is 6.08 Å². The number of rotatable bonds is 4. The van der Waals surface area contributed by atoms with Gasteiger partial charge in [0.2, 0.25) is 0 Å². The molecule has 114 valence electrons. The molecule has 0 radical (unpaired) electrons. The molecule has 21 heavy (non-hydrogen) atoms. The van der Waals surface area contributed by atoms with Crippen molar-refractivity contribution in [2.24, 2.45) is 0 Å². The Kier molecular flexibility index (Phi) is 5.85. The van der Waals surface area contributed by atoms with E-state index in [0.29, 0.717) is 6.04 Å². The number of nitrogens with zero attached hydrogens (tertiary/aromatic N) is 1. The second-order valence-electron chi connectivity index (χ2n) is 5.48. The quantitative estimate of drug-likeness (QED) is 0.798. The zero-order valence-corrected chi connectivity index (χ0v) is 14.0. The third-order valence-electron chi connectivity index (χ3n) is 4.07. The van der Waals surface area contributed by atoms with E-state index in [1.165, 1.54) is 37.4 Å². The highest BCUT2D eigenvalue weighted by molar-refractivity contribution is 9.10. The molecule has 0 saturated carbocycles. The van der Waals surface area contributed by atoms with Gasteiger partial charge in [-0.3, -0.25) is 0 Å². The van der Waals surface area contributed by atoms with Crippen LogP contribution in [0.3, 0.4) is 0 Å². The van der Waals surface area contributed by atoms with E-state index < -0.39 is 5.97 Å². The lowest BCUT2D eigenvalue weighted by atomic mass is 10.1. The Balaban J connectivity index is 2.23. The fourth-order valence-corrected chi connectivity index (χ4v) is 3.43. The predicted molar refractivity (Wildman–Crippen MR) is 90.7 cm³/mol. The van der Waals surface area contributed by atoms with Crippen LogP contribution >= 0.6 is 15.9 Å². The van der Waals surface area contributed by atoms with Crippen LogP contribution in [0.4, 0.5) is 5.69 Å². The number of hydrogen-bond donors (Lipinski definition) is 1. The average molecular weight is 352 g/mol. The summed E-state index contributed by atoms with van der Waals surface area (Å²) in [7, 11) is 0. The summed E-state index contributed by atoms with van der Waals surface area (Å²) in [4.78, 5) is 13.1. The molecule has 1 atom stereocenters. The summed E-state index contributed by atoms with van der Waals surface area (Å²) in [5, 5.41) is 8.71. The van der Waals surface area contributed by atoms with Crippen LogP contribution < -0.4 is 4.90 Å². The molecule has 1 aromatic carbocycles. The van der Waals surface area contributed by atoms with Crippen LogP contribution in [-0.4, -0.2) is 23.7 Å². The van der Waals surface area contributed by atoms with Gasteiger partial charge in [0.1, 0.15) is 0 Å². The lowest BCUT2D eigenvalue weighted by Crippen LogP contribution is -2.34. The number of halogens is 1. The van der Waals surface area contributed by atoms with Crippen LogP contribution in [0.15, 0.2) is 28.7 Å². The number of hydrogen-bond acceptors (Lipinski definition) is 2. The largest absolute Gasteiger partial charge is 0.478 e. The van der Waals surface area contributed by atoms with Gasteiger partial charge in [0.25, 0.3) is 0 Å². The summed E-state index contributed by atoms with van der Waals surface area (Å²) in [6.45, 7) is 3.36. The topological polar surface area (TPSA) is 40.5 Å². The molecule has 1 aromatic rings. The van der Waals surface area contributed by atoms with Crippen LogP contribution in [0.2, 0.25) is 0 Å². The first kappa shape index (κ1) is 16.1. The SMILES string of the molecule is CCC1CCCCCN1c1ccc(/C=C/C(=O)O)c(Br)c1. The van der Waals surface area contributed by atoms with Gasteiger partial charge in [-0.2, -0.15) is 0 Å². The van der Waals surface area contributed by atoms with E-state index in [0.717, 1.165) is 23.0 Å². The van der Waals surface area contributed by atoms with E-state index in [1.54, 1.807) is 6.08 Å². The third kappa shape index (κ3) is 4.34.